The second-order valence-electron chi connectivity index (χ2n) is 6.63. The Morgan fingerprint density at radius 1 is 0.857 bits per heavy atom. The van der Waals surface area contributed by atoms with E-state index >= 15 is 0 Å². The third-order valence-electron chi connectivity index (χ3n) is 4.56. The number of amides is 2. The average Bonchev–Trinajstić information content (AvgIpc) is 2.73. The molecule has 4 nitrogen and oxygen atoms in total. The van der Waals surface area contributed by atoms with Crippen LogP contribution in [0.4, 0.5) is 5.69 Å². The van der Waals surface area contributed by atoms with Gasteiger partial charge in [0.25, 0.3) is 11.8 Å². The fraction of sp³-hybridized carbons (Fsp3) is 0.167. The van der Waals surface area contributed by atoms with E-state index in [1.807, 2.05) is 68.4 Å². The van der Waals surface area contributed by atoms with Crippen LogP contribution in [0.15, 0.2) is 78.9 Å². The lowest BCUT2D eigenvalue weighted by atomic mass is 10.1. The molecule has 0 aliphatic carbocycles. The average molecular weight is 372 g/mol. The standard InChI is InChI=1S/C24H24N2O2/c1-3-26(22-11-7-8-18(2)16-22)24(28)21-14-12-20(13-15-21)23(27)25-17-19-9-5-4-6-10-19/h4-16H,3,17H2,1-2H3,(H,25,27). The van der Waals surface area contributed by atoms with Gasteiger partial charge >= 0.3 is 0 Å². The van der Waals surface area contributed by atoms with Crippen molar-refractivity contribution in [2.24, 2.45) is 0 Å². The van der Waals surface area contributed by atoms with Gasteiger partial charge in [0, 0.05) is 29.9 Å². The van der Waals surface area contributed by atoms with E-state index in [1.165, 1.54) is 0 Å². The summed E-state index contributed by atoms with van der Waals surface area (Å²) < 4.78 is 0. The van der Waals surface area contributed by atoms with Crippen LogP contribution >= 0.6 is 0 Å². The molecule has 4 heteroatoms. The Kier molecular flexibility index (Phi) is 6.22. The first-order valence-corrected chi connectivity index (χ1v) is 9.39. The Morgan fingerprint density at radius 3 is 2.18 bits per heavy atom. The van der Waals surface area contributed by atoms with E-state index in [0.29, 0.717) is 24.2 Å². The van der Waals surface area contributed by atoms with Gasteiger partial charge in [-0.25, -0.2) is 0 Å². The zero-order chi connectivity index (χ0) is 19.9. The van der Waals surface area contributed by atoms with Crippen molar-refractivity contribution in [3.63, 3.8) is 0 Å². The van der Waals surface area contributed by atoms with E-state index < -0.39 is 0 Å². The highest BCUT2D eigenvalue weighted by atomic mass is 16.2. The number of rotatable bonds is 6. The number of carbonyl (C=O) groups is 2. The molecule has 0 fully saturated rings. The first kappa shape index (κ1) is 19.4. The fourth-order valence-electron chi connectivity index (χ4n) is 3.04. The minimum Gasteiger partial charge on any atom is -0.348 e. The summed E-state index contributed by atoms with van der Waals surface area (Å²) in [6.07, 6.45) is 0. The van der Waals surface area contributed by atoms with Crippen molar-refractivity contribution in [1.82, 2.24) is 5.32 Å². The number of hydrogen-bond acceptors (Lipinski definition) is 2. The summed E-state index contributed by atoms with van der Waals surface area (Å²) in [4.78, 5) is 27.0. The second kappa shape index (κ2) is 9.00. The normalized spacial score (nSPS) is 10.4. The maximum atomic E-state index is 12.9. The van der Waals surface area contributed by atoms with Crippen LogP contribution in [0, 0.1) is 6.92 Å². The molecule has 3 aromatic rings. The van der Waals surface area contributed by atoms with Gasteiger partial charge in [-0.05, 0) is 61.4 Å². The van der Waals surface area contributed by atoms with E-state index in [1.54, 1.807) is 29.2 Å². The lowest BCUT2D eigenvalue weighted by Gasteiger charge is -2.21. The van der Waals surface area contributed by atoms with Gasteiger partial charge < -0.3 is 10.2 Å². The molecule has 0 aromatic heterocycles. The first-order valence-electron chi connectivity index (χ1n) is 9.39. The quantitative estimate of drug-likeness (QED) is 0.688. The number of carbonyl (C=O) groups excluding carboxylic acids is 2. The van der Waals surface area contributed by atoms with Gasteiger partial charge in [0.05, 0.1) is 0 Å². The molecule has 0 saturated carbocycles. The van der Waals surface area contributed by atoms with Gasteiger partial charge in [0.15, 0.2) is 0 Å². The molecule has 3 rings (SSSR count). The van der Waals surface area contributed by atoms with Crippen molar-refractivity contribution in [2.45, 2.75) is 20.4 Å². The molecule has 0 aliphatic heterocycles. The summed E-state index contributed by atoms with van der Waals surface area (Å²) in [6.45, 7) is 5.00. The predicted octanol–water partition coefficient (Wildman–Crippen LogP) is 4.59. The SMILES string of the molecule is CCN(C(=O)c1ccc(C(=O)NCc2ccccc2)cc1)c1cccc(C)c1. The molecule has 0 unspecified atom stereocenters. The summed E-state index contributed by atoms with van der Waals surface area (Å²) in [5.74, 6) is -0.238. The van der Waals surface area contributed by atoms with Gasteiger partial charge in [-0.3, -0.25) is 9.59 Å². The maximum absolute atomic E-state index is 12.9. The van der Waals surface area contributed by atoms with Gasteiger partial charge in [-0.1, -0.05) is 42.5 Å². The summed E-state index contributed by atoms with van der Waals surface area (Å²) in [7, 11) is 0. The fourth-order valence-corrected chi connectivity index (χ4v) is 3.04. The smallest absolute Gasteiger partial charge is 0.258 e. The van der Waals surface area contributed by atoms with Crippen LogP contribution in [-0.4, -0.2) is 18.4 Å². The van der Waals surface area contributed by atoms with Crippen molar-refractivity contribution in [1.29, 1.82) is 0 Å². The zero-order valence-electron chi connectivity index (χ0n) is 16.2. The lowest BCUT2D eigenvalue weighted by molar-refractivity contribution is 0.0947. The number of aryl methyl sites for hydroxylation is 1. The molecule has 28 heavy (non-hydrogen) atoms. The van der Waals surface area contributed by atoms with Crippen molar-refractivity contribution in [3.8, 4) is 0 Å². The number of nitrogens with one attached hydrogen (secondary N) is 1. The summed E-state index contributed by atoms with van der Waals surface area (Å²) >= 11 is 0. The Balaban J connectivity index is 1.68. The molecule has 0 radical (unpaired) electrons. The van der Waals surface area contributed by atoms with Crippen LogP contribution in [0.3, 0.4) is 0 Å². The lowest BCUT2D eigenvalue weighted by Crippen LogP contribution is -2.30. The number of benzene rings is 3. The van der Waals surface area contributed by atoms with Crippen molar-refractivity contribution < 1.29 is 9.59 Å². The highest BCUT2D eigenvalue weighted by molar-refractivity contribution is 6.06. The van der Waals surface area contributed by atoms with Crippen molar-refractivity contribution >= 4 is 17.5 Å². The predicted molar refractivity (Wildman–Crippen MR) is 113 cm³/mol. The summed E-state index contributed by atoms with van der Waals surface area (Å²) in [5, 5.41) is 2.90. The van der Waals surface area contributed by atoms with Crippen LogP contribution in [0.5, 0.6) is 0 Å². The van der Waals surface area contributed by atoms with E-state index in [-0.39, 0.29) is 11.8 Å². The van der Waals surface area contributed by atoms with E-state index in [0.717, 1.165) is 16.8 Å². The Labute approximate surface area is 165 Å². The van der Waals surface area contributed by atoms with Gasteiger partial charge in [-0.2, -0.15) is 0 Å². The van der Waals surface area contributed by atoms with E-state index in [9.17, 15) is 9.59 Å². The topological polar surface area (TPSA) is 49.4 Å². The summed E-state index contributed by atoms with van der Waals surface area (Å²) in [5.41, 5.74) is 4.11. The van der Waals surface area contributed by atoms with E-state index in [4.69, 9.17) is 0 Å². The van der Waals surface area contributed by atoms with Crippen molar-refractivity contribution in [3.05, 3.63) is 101 Å². The highest BCUT2D eigenvalue weighted by Crippen LogP contribution is 2.19. The van der Waals surface area contributed by atoms with Gasteiger partial charge in [0.1, 0.15) is 0 Å². The number of anilines is 1. The maximum Gasteiger partial charge on any atom is 0.258 e. The monoisotopic (exact) mass is 372 g/mol. The summed E-state index contributed by atoms with van der Waals surface area (Å²) in [6, 6.07) is 24.4. The molecule has 0 bridgehead atoms. The first-order chi connectivity index (χ1) is 13.6. The molecule has 0 atom stereocenters. The minimum absolute atomic E-state index is 0.0793. The third kappa shape index (κ3) is 4.65. The molecule has 3 aromatic carbocycles. The number of hydrogen-bond donors (Lipinski definition) is 1. The zero-order valence-corrected chi connectivity index (χ0v) is 16.2. The van der Waals surface area contributed by atoms with E-state index in [2.05, 4.69) is 5.32 Å². The highest BCUT2D eigenvalue weighted by Gasteiger charge is 2.16. The molecule has 0 spiro atoms. The van der Waals surface area contributed by atoms with Crippen LogP contribution in [-0.2, 0) is 6.54 Å². The molecule has 0 saturated heterocycles. The van der Waals surface area contributed by atoms with Gasteiger partial charge in [-0.15, -0.1) is 0 Å². The van der Waals surface area contributed by atoms with Gasteiger partial charge in [0.2, 0.25) is 0 Å². The molecular formula is C24H24N2O2. The van der Waals surface area contributed by atoms with Crippen LogP contribution in [0.1, 0.15) is 38.8 Å². The van der Waals surface area contributed by atoms with Crippen molar-refractivity contribution in [2.75, 3.05) is 11.4 Å². The molecular weight excluding hydrogens is 348 g/mol. The molecule has 0 heterocycles. The molecule has 2 amide bonds. The molecule has 1 N–H and O–H groups in total. The van der Waals surface area contributed by atoms with Crippen LogP contribution < -0.4 is 10.2 Å². The largest absolute Gasteiger partial charge is 0.348 e. The minimum atomic E-state index is -0.158. The third-order valence-corrected chi connectivity index (χ3v) is 4.56. The van der Waals surface area contributed by atoms with Crippen LogP contribution in [0.25, 0.3) is 0 Å². The molecule has 0 aliphatic rings. The Morgan fingerprint density at radius 2 is 1.54 bits per heavy atom. The Hall–Kier alpha value is -3.40. The number of nitrogens with zero attached hydrogens (tertiary/aromatic N) is 1. The Bertz CT molecular complexity index is 950. The second-order valence-corrected chi connectivity index (χ2v) is 6.63. The van der Waals surface area contributed by atoms with Crippen LogP contribution in [0.2, 0.25) is 0 Å². The molecule has 142 valence electrons.